The third-order valence-corrected chi connectivity index (χ3v) is 2.71. The van der Waals surface area contributed by atoms with Crippen LogP contribution < -0.4 is 5.32 Å². The van der Waals surface area contributed by atoms with E-state index < -0.39 is 0 Å². The summed E-state index contributed by atoms with van der Waals surface area (Å²) in [7, 11) is 0. The fraction of sp³-hybridized carbons (Fsp3) is 0.417. The second kappa shape index (κ2) is 3.57. The lowest BCUT2D eigenvalue weighted by atomic mass is 9.91. The minimum Gasteiger partial charge on any atom is -0.508 e. The summed E-state index contributed by atoms with van der Waals surface area (Å²) in [4.78, 5) is 11.7. The van der Waals surface area contributed by atoms with E-state index in [2.05, 4.69) is 19.2 Å². The fourth-order valence-electron chi connectivity index (χ4n) is 2.08. The van der Waals surface area contributed by atoms with Gasteiger partial charge in [-0.05, 0) is 24.5 Å². The molecule has 1 unspecified atom stereocenters. The molecule has 0 fully saturated rings. The van der Waals surface area contributed by atoms with E-state index in [1.807, 2.05) is 6.07 Å². The van der Waals surface area contributed by atoms with E-state index in [0.29, 0.717) is 5.92 Å². The van der Waals surface area contributed by atoms with Gasteiger partial charge in [-0.2, -0.15) is 0 Å². The van der Waals surface area contributed by atoms with Gasteiger partial charge in [0, 0.05) is 11.3 Å². The normalized spacial score (nSPS) is 19.1. The molecule has 1 heterocycles. The second-order valence-corrected chi connectivity index (χ2v) is 4.41. The molecule has 0 radical (unpaired) electrons. The van der Waals surface area contributed by atoms with Crippen molar-refractivity contribution in [3.63, 3.8) is 0 Å². The third kappa shape index (κ3) is 1.69. The van der Waals surface area contributed by atoms with Gasteiger partial charge < -0.3 is 10.4 Å². The van der Waals surface area contributed by atoms with Crippen LogP contribution in [0.1, 0.15) is 31.7 Å². The number of aromatic hydroxyl groups is 1. The van der Waals surface area contributed by atoms with E-state index in [1.54, 1.807) is 12.1 Å². The summed E-state index contributed by atoms with van der Waals surface area (Å²) < 4.78 is 0. The van der Waals surface area contributed by atoms with Gasteiger partial charge in [0.25, 0.3) is 0 Å². The molecular formula is C12H15NO2. The molecular weight excluding hydrogens is 190 g/mol. The summed E-state index contributed by atoms with van der Waals surface area (Å²) in [5.74, 6) is 0.462. The Balaban J connectivity index is 2.39. The van der Waals surface area contributed by atoms with Gasteiger partial charge in [-0.15, -0.1) is 0 Å². The summed E-state index contributed by atoms with van der Waals surface area (Å²) in [6.07, 6.45) is 0.774. The minimum atomic E-state index is -0.193. The van der Waals surface area contributed by atoms with Crippen LogP contribution in [0, 0.1) is 5.92 Å². The van der Waals surface area contributed by atoms with Crippen LogP contribution in [0.25, 0.3) is 0 Å². The number of phenols is 1. The summed E-state index contributed by atoms with van der Waals surface area (Å²) in [5.41, 5.74) is 1.52. The molecule has 3 nitrogen and oxygen atoms in total. The van der Waals surface area contributed by atoms with Gasteiger partial charge in [-0.3, -0.25) is 4.79 Å². The summed E-state index contributed by atoms with van der Waals surface area (Å²) in [6.45, 7) is 4.15. The van der Waals surface area contributed by atoms with Gasteiger partial charge in [0.1, 0.15) is 5.75 Å². The number of benzene rings is 1. The number of fused-ring (bicyclic) bond motifs is 1. The highest BCUT2D eigenvalue weighted by molar-refractivity contribution is 6.03. The molecule has 0 aliphatic carbocycles. The molecule has 1 atom stereocenters. The predicted molar refractivity (Wildman–Crippen MR) is 58.9 cm³/mol. The van der Waals surface area contributed by atoms with E-state index in [0.717, 1.165) is 17.7 Å². The first-order valence-corrected chi connectivity index (χ1v) is 5.22. The standard InChI is InChI=1S/C12H15NO2/c1-7(2)6-8-11-9(13-12(8)15)4-3-5-10(11)14/h3-5,7-8,14H,6H2,1-2H3,(H,13,15). The Morgan fingerprint density at radius 3 is 2.87 bits per heavy atom. The largest absolute Gasteiger partial charge is 0.508 e. The molecule has 15 heavy (non-hydrogen) atoms. The van der Waals surface area contributed by atoms with Gasteiger partial charge in [0.05, 0.1) is 5.92 Å². The van der Waals surface area contributed by atoms with Crippen molar-refractivity contribution < 1.29 is 9.90 Å². The summed E-state index contributed by atoms with van der Waals surface area (Å²) >= 11 is 0. The topological polar surface area (TPSA) is 49.3 Å². The Labute approximate surface area is 89.1 Å². The first kappa shape index (κ1) is 10.0. The van der Waals surface area contributed by atoms with Crippen molar-refractivity contribution in [2.24, 2.45) is 5.92 Å². The number of hydrogen-bond donors (Lipinski definition) is 2. The molecule has 2 rings (SSSR count). The molecule has 2 N–H and O–H groups in total. The Hall–Kier alpha value is -1.51. The smallest absolute Gasteiger partial charge is 0.232 e. The number of nitrogens with one attached hydrogen (secondary N) is 1. The van der Waals surface area contributed by atoms with E-state index in [4.69, 9.17) is 0 Å². The maximum absolute atomic E-state index is 11.7. The average Bonchev–Trinajstić information content (AvgIpc) is 2.43. The van der Waals surface area contributed by atoms with Crippen molar-refractivity contribution >= 4 is 11.6 Å². The van der Waals surface area contributed by atoms with Crippen LogP contribution in [0.5, 0.6) is 5.75 Å². The lowest BCUT2D eigenvalue weighted by Gasteiger charge is -2.12. The van der Waals surface area contributed by atoms with Gasteiger partial charge in [-0.1, -0.05) is 19.9 Å². The lowest BCUT2D eigenvalue weighted by Crippen LogP contribution is -2.13. The molecule has 0 aromatic heterocycles. The number of rotatable bonds is 2. The zero-order valence-corrected chi connectivity index (χ0v) is 8.95. The van der Waals surface area contributed by atoms with Crippen LogP contribution in [0.15, 0.2) is 18.2 Å². The quantitative estimate of drug-likeness (QED) is 0.779. The third-order valence-electron chi connectivity index (χ3n) is 2.71. The molecule has 0 saturated carbocycles. The molecule has 1 aliphatic rings. The van der Waals surface area contributed by atoms with Crippen LogP contribution >= 0.6 is 0 Å². The molecule has 1 amide bonds. The highest BCUT2D eigenvalue weighted by atomic mass is 16.3. The fourth-order valence-corrected chi connectivity index (χ4v) is 2.08. The Kier molecular flexibility index (Phi) is 2.39. The van der Waals surface area contributed by atoms with Crippen molar-refractivity contribution in [3.8, 4) is 5.75 Å². The van der Waals surface area contributed by atoms with Gasteiger partial charge in [-0.25, -0.2) is 0 Å². The molecule has 1 aliphatic heterocycles. The van der Waals surface area contributed by atoms with E-state index in [1.165, 1.54) is 0 Å². The van der Waals surface area contributed by atoms with Crippen LogP contribution in [0.2, 0.25) is 0 Å². The van der Waals surface area contributed by atoms with E-state index in [9.17, 15) is 9.90 Å². The average molecular weight is 205 g/mol. The summed E-state index contributed by atoms with van der Waals surface area (Å²) in [5, 5.41) is 12.5. The number of amides is 1. The Bertz CT molecular complexity index is 399. The predicted octanol–water partition coefficient (Wildman–Crippen LogP) is 2.47. The number of phenolic OH excluding ortho intramolecular Hbond substituents is 1. The number of hydrogen-bond acceptors (Lipinski definition) is 2. The van der Waals surface area contributed by atoms with Crippen molar-refractivity contribution in [3.05, 3.63) is 23.8 Å². The van der Waals surface area contributed by atoms with Crippen LogP contribution in [-0.4, -0.2) is 11.0 Å². The van der Waals surface area contributed by atoms with Gasteiger partial charge in [0.15, 0.2) is 0 Å². The first-order chi connectivity index (χ1) is 7.09. The van der Waals surface area contributed by atoms with Gasteiger partial charge in [0.2, 0.25) is 5.91 Å². The van der Waals surface area contributed by atoms with E-state index >= 15 is 0 Å². The van der Waals surface area contributed by atoms with Crippen molar-refractivity contribution in [1.29, 1.82) is 0 Å². The molecule has 0 bridgehead atoms. The number of anilines is 1. The monoisotopic (exact) mass is 205 g/mol. The second-order valence-electron chi connectivity index (χ2n) is 4.41. The molecule has 80 valence electrons. The Morgan fingerprint density at radius 2 is 2.20 bits per heavy atom. The first-order valence-electron chi connectivity index (χ1n) is 5.22. The molecule has 1 aromatic rings. The van der Waals surface area contributed by atoms with Crippen LogP contribution in [-0.2, 0) is 4.79 Å². The van der Waals surface area contributed by atoms with Crippen molar-refractivity contribution in [2.75, 3.05) is 5.32 Å². The molecule has 0 saturated heterocycles. The maximum Gasteiger partial charge on any atom is 0.232 e. The van der Waals surface area contributed by atoms with Crippen molar-refractivity contribution in [1.82, 2.24) is 0 Å². The van der Waals surface area contributed by atoms with Gasteiger partial charge >= 0.3 is 0 Å². The number of carbonyl (C=O) groups excluding carboxylic acids is 1. The summed E-state index contributed by atoms with van der Waals surface area (Å²) in [6, 6.07) is 5.20. The zero-order chi connectivity index (χ0) is 11.0. The molecule has 1 aromatic carbocycles. The Morgan fingerprint density at radius 1 is 1.47 bits per heavy atom. The van der Waals surface area contributed by atoms with E-state index in [-0.39, 0.29) is 17.6 Å². The zero-order valence-electron chi connectivity index (χ0n) is 8.95. The lowest BCUT2D eigenvalue weighted by molar-refractivity contribution is -0.117. The highest BCUT2D eigenvalue weighted by Gasteiger charge is 2.33. The number of carbonyl (C=O) groups is 1. The SMILES string of the molecule is CC(C)CC1C(=O)Nc2cccc(O)c21. The molecule has 3 heteroatoms. The maximum atomic E-state index is 11.7. The minimum absolute atomic E-state index is 0.000185. The molecule has 0 spiro atoms. The van der Waals surface area contributed by atoms with Crippen LogP contribution in [0.3, 0.4) is 0 Å². The van der Waals surface area contributed by atoms with Crippen LogP contribution in [0.4, 0.5) is 5.69 Å². The van der Waals surface area contributed by atoms with Crippen molar-refractivity contribution in [2.45, 2.75) is 26.2 Å². The highest BCUT2D eigenvalue weighted by Crippen LogP contribution is 2.41.